The van der Waals surface area contributed by atoms with Gasteiger partial charge in [-0.05, 0) is 44.1 Å². The summed E-state index contributed by atoms with van der Waals surface area (Å²) in [7, 11) is 0. The zero-order valence-corrected chi connectivity index (χ0v) is 15.8. The van der Waals surface area contributed by atoms with Gasteiger partial charge in [-0.1, -0.05) is 30.7 Å². The summed E-state index contributed by atoms with van der Waals surface area (Å²) < 4.78 is 7.06. The summed E-state index contributed by atoms with van der Waals surface area (Å²) in [5, 5.41) is 1.36. The molecule has 0 bridgehead atoms. The number of thiazole rings is 1. The summed E-state index contributed by atoms with van der Waals surface area (Å²) in [4.78, 5) is 20.2. The largest absolute Gasteiger partial charge is 0.463 e. The molecule has 0 atom stereocenters. The van der Waals surface area contributed by atoms with Crippen LogP contribution < -0.4 is 5.43 Å². The standard InChI is InChI=1S/C22H20N2O2S/c25-20-16-8-6-7-15(13-24-11-4-1-5-12-24)21(16)26-14-17(20)22-23-18-9-2-3-10-19(18)27-22/h2-3,6-10,14H,1,4-5,11-13H2. The highest BCUT2D eigenvalue weighted by Gasteiger charge is 2.17. The number of likely N-dealkylation sites (tertiary alicyclic amines) is 1. The third-order valence-electron chi connectivity index (χ3n) is 5.25. The van der Waals surface area contributed by atoms with Crippen molar-refractivity contribution in [2.24, 2.45) is 0 Å². The first kappa shape index (κ1) is 16.7. The number of hydrogen-bond acceptors (Lipinski definition) is 5. The van der Waals surface area contributed by atoms with Crippen molar-refractivity contribution in [2.75, 3.05) is 13.1 Å². The summed E-state index contributed by atoms with van der Waals surface area (Å²) >= 11 is 1.53. The maximum absolute atomic E-state index is 13.1. The molecule has 5 rings (SSSR count). The van der Waals surface area contributed by atoms with Gasteiger partial charge in [-0.15, -0.1) is 11.3 Å². The second-order valence-corrected chi connectivity index (χ2v) is 8.13. The van der Waals surface area contributed by atoms with Gasteiger partial charge in [0, 0.05) is 12.1 Å². The molecule has 0 amide bonds. The Hall–Kier alpha value is -2.50. The molecule has 0 radical (unpaired) electrons. The summed E-state index contributed by atoms with van der Waals surface area (Å²) in [6.07, 6.45) is 5.39. The Bertz CT molecular complexity index is 1140. The van der Waals surface area contributed by atoms with Crippen LogP contribution in [0.2, 0.25) is 0 Å². The van der Waals surface area contributed by atoms with Crippen LogP contribution in [0, 0.1) is 0 Å². The van der Waals surface area contributed by atoms with Crippen LogP contribution in [-0.2, 0) is 6.54 Å². The second-order valence-electron chi connectivity index (χ2n) is 7.10. The zero-order valence-electron chi connectivity index (χ0n) is 15.0. The van der Waals surface area contributed by atoms with Crippen LogP contribution in [0.1, 0.15) is 24.8 Å². The fraction of sp³-hybridized carbons (Fsp3) is 0.273. The number of piperidine rings is 1. The number of nitrogens with zero attached hydrogens (tertiary/aromatic N) is 2. The van der Waals surface area contributed by atoms with Gasteiger partial charge in [-0.25, -0.2) is 4.98 Å². The number of para-hydroxylation sites is 2. The molecule has 1 fully saturated rings. The van der Waals surface area contributed by atoms with Crippen LogP contribution in [0.25, 0.3) is 31.8 Å². The molecule has 2 aromatic carbocycles. The quantitative estimate of drug-likeness (QED) is 0.502. The average molecular weight is 376 g/mol. The van der Waals surface area contributed by atoms with Gasteiger partial charge in [-0.2, -0.15) is 0 Å². The molecular weight excluding hydrogens is 356 g/mol. The van der Waals surface area contributed by atoms with Crippen molar-refractivity contribution in [1.29, 1.82) is 0 Å². The molecule has 0 unspecified atom stereocenters. The molecule has 0 saturated carbocycles. The average Bonchev–Trinajstić information content (AvgIpc) is 3.13. The molecule has 3 heterocycles. The van der Waals surface area contributed by atoms with Gasteiger partial charge in [-0.3, -0.25) is 9.69 Å². The van der Waals surface area contributed by atoms with Gasteiger partial charge in [0.1, 0.15) is 16.9 Å². The third-order valence-corrected chi connectivity index (χ3v) is 6.32. The van der Waals surface area contributed by atoms with Crippen molar-refractivity contribution in [2.45, 2.75) is 25.8 Å². The SMILES string of the molecule is O=c1c(-c2nc3ccccc3s2)coc2c(CN3CCCCC3)cccc12. The molecule has 1 aliphatic rings. The van der Waals surface area contributed by atoms with Crippen molar-refractivity contribution in [3.63, 3.8) is 0 Å². The van der Waals surface area contributed by atoms with E-state index in [4.69, 9.17) is 4.42 Å². The lowest BCUT2D eigenvalue weighted by Gasteiger charge is -2.26. The summed E-state index contributed by atoms with van der Waals surface area (Å²) in [6.45, 7) is 3.07. The Morgan fingerprint density at radius 2 is 1.89 bits per heavy atom. The van der Waals surface area contributed by atoms with Crippen LogP contribution in [0.3, 0.4) is 0 Å². The smallest absolute Gasteiger partial charge is 0.202 e. The minimum absolute atomic E-state index is 0.00389. The van der Waals surface area contributed by atoms with Gasteiger partial charge in [0.25, 0.3) is 0 Å². The number of benzene rings is 2. The van der Waals surface area contributed by atoms with Crippen LogP contribution in [0.15, 0.2) is 57.9 Å². The van der Waals surface area contributed by atoms with E-state index in [1.807, 2.05) is 36.4 Å². The van der Waals surface area contributed by atoms with Gasteiger partial charge < -0.3 is 4.42 Å². The Morgan fingerprint density at radius 3 is 2.74 bits per heavy atom. The molecule has 4 nitrogen and oxygen atoms in total. The minimum Gasteiger partial charge on any atom is -0.463 e. The van der Waals surface area contributed by atoms with Crippen molar-refractivity contribution in [1.82, 2.24) is 9.88 Å². The van der Waals surface area contributed by atoms with Crippen molar-refractivity contribution in [3.8, 4) is 10.6 Å². The predicted molar refractivity (Wildman–Crippen MR) is 110 cm³/mol. The Morgan fingerprint density at radius 1 is 1.04 bits per heavy atom. The monoisotopic (exact) mass is 376 g/mol. The van der Waals surface area contributed by atoms with Crippen LogP contribution >= 0.6 is 11.3 Å². The lowest BCUT2D eigenvalue weighted by atomic mass is 10.1. The van der Waals surface area contributed by atoms with E-state index in [0.717, 1.165) is 35.4 Å². The molecule has 136 valence electrons. The van der Waals surface area contributed by atoms with Gasteiger partial charge in [0.05, 0.1) is 21.2 Å². The molecule has 1 aliphatic heterocycles. The van der Waals surface area contributed by atoms with Gasteiger partial charge >= 0.3 is 0 Å². The van der Waals surface area contributed by atoms with Crippen LogP contribution in [-0.4, -0.2) is 23.0 Å². The summed E-state index contributed by atoms with van der Waals surface area (Å²) in [5.74, 6) is 0. The van der Waals surface area contributed by atoms with E-state index >= 15 is 0 Å². The second kappa shape index (κ2) is 6.91. The van der Waals surface area contributed by atoms with E-state index in [-0.39, 0.29) is 5.43 Å². The van der Waals surface area contributed by atoms with Crippen molar-refractivity contribution < 1.29 is 4.42 Å². The van der Waals surface area contributed by atoms with Gasteiger partial charge in [0.2, 0.25) is 5.43 Å². The molecule has 0 N–H and O–H groups in total. The summed E-state index contributed by atoms with van der Waals surface area (Å²) in [6, 6.07) is 13.8. The first-order chi connectivity index (χ1) is 13.3. The Kier molecular flexibility index (Phi) is 4.26. The van der Waals surface area contributed by atoms with Gasteiger partial charge in [0.15, 0.2) is 0 Å². The number of hydrogen-bond donors (Lipinski definition) is 0. The lowest BCUT2D eigenvalue weighted by Crippen LogP contribution is -2.29. The highest BCUT2D eigenvalue weighted by molar-refractivity contribution is 7.21. The molecule has 5 heteroatoms. The van der Waals surface area contributed by atoms with Crippen molar-refractivity contribution >= 4 is 32.5 Å². The van der Waals surface area contributed by atoms with Crippen LogP contribution in [0.5, 0.6) is 0 Å². The first-order valence-corrected chi connectivity index (χ1v) is 10.2. The molecule has 1 saturated heterocycles. The molecule has 0 spiro atoms. The van der Waals surface area contributed by atoms with E-state index in [1.54, 1.807) is 6.26 Å². The molecule has 27 heavy (non-hydrogen) atoms. The zero-order chi connectivity index (χ0) is 18.2. The molecule has 0 aliphatic carbocycles. The van der Waals surface area contributed by atoms with Crippen LogP contribution in [0.4, 0.5) is 0 Å². The normalized spacial score (nSPS) is 15.6. The highest BCUT2D eigenvalue weighted by atomic mass is 32.1. The van der Waals surface area contributed by atoms with Crippen molar-refractivity contribution in [3.05, 3.63) is 64.5 Å². The van der Waals surface area contributed by atoms with E-state index in [2.05, 4.69) is 16.0 Å². The fourth-order valence-electron chi connectivity index (χ4n) is 3.84. The van der Waals surface area contributed by atoms with E-state index in [1.165, 1.54) is 30.6 Å². The lowest BCUT2D eigenvalue weighted by molar-refractivity contribution is 0.221. The molecular formula is C22H20N2O2S. The molecule has 4 aromatic rings. The number of fused-ring (bicyclic) bond motifs is 2. The Balaban J connectivity index is 1.58. The minimum atomic E-state index is -0.00389. The summed E-state index contributed by atoms with van der Waals surface area (Å²) in [5.41, 5.74) is 3.24. The third kappa shape index (κ3) is 3.07. The maximum Gasteiger partial charge on any atom is 0.202 e. The van der Waals surface area contributed by atoms with E-state index < -0.39 is 0 Å². The van der Waals surface area contributed by atoms with E-state index in [9.17, 15) is 4.79 Å². The van der Waals surface area contributed by atoms with E-state index in [0.29, 0.717) is 21.5 Å². The maximum atomic E-state index is 13.1. The number of aromatic nitrogens is 1. The number of rotatable bonds is 3. The first-order valence-electron chi connectivity index (χ1n) is 9.41. The predicted octanol–water partition coefficient (Wildman–Crippen LogP) is 5.06. The fourth-order valence-corrected chi connectivity index (χ4v) is 4.81. The topological polar surface area (TPSA) is 46.3 Å². The molecule has 2 aromatic heterocycles. The highest BCUT2D eigenvalue weighted by Crippen LogP contribution is 2.30. The Labute approximate surface area is 161 Å².